The molecular formula is C14H13F4N3O3. The molecule has 0 unspecified atom stereocenters. The standard InChI is InChI=1S/C14H13F4N3O3/c15-8-1-2-9(14(16,17)18)7(5-8)6-19-11(22)4-3-10-12(23)21-13(24)20-10/h1-2,5,10H,3-4,6H2,(H,19,22)(H2,20,21,23,24)/t10-/m1/s1. The second-order valence-electron chi connectivity index (χ2n) is 5.13. The van der Waals surface area contributed by atoms with Gasteiger partial charge in [0.2, 0.25) is 5.91 Å². The van der Waals surface area contributed by atoms with Crippen molar-refractivity contribution in [3.05, 3.63) is 35.1 Å². The fourth-order valence-electron chi connectivity index (χ4n) is 2.20. The lowest BCUT2D eigenvalue weighted by atomic mass is 10.1. The van der Waals surface area contributed by atoms with Crippen LogP contribution in [0.15, 0.2) is 18.2 Å². The molecule has 1 atom stereocenters. The summed E-state index contributed by atoms with van der Waals surface area (Å²) < 4.78 is 51.6. The summed E-state index contributed by atoms with van der Waals surface area (Å²) in [6.07, 6.45) is -4.85. The fraction of sp³-hybridized carbons (Fsp3) is 0.357. The number of hydrogen-bond donors (Lipinski definition) is 3. The minimum atomic E-state index is -4.67. The van der Waals surface area contributed by atoms with E-state index in [1.165, 1.54) is 0 Å². The van der Waals surface area contributed by atoms with Crippen LogP contribution < -0.4 is 16.0 Å². The highest BCUT2D eigenvalue weighted by molar-refractivity contribution is 6.04. The largest absolute Gasteiger partial charge is 0.416 e. The van der Waals surface area contributed by atoms with E-state index in [1.807, 2.05) is 5.32 Å². The molecule has 24 heavy (non-hydrogen) atoms. The Morgan fingerprint density at radius 3 is 2.54 bits per heavy atom. The van der Waals surface area contributed by atoms with Crippen molar-refractivity contribution < 1.29 is 31.9 Å². The predicted molar refractivity (Wildman–Crippen MR) is 72.9 cm³/mol. The Bertz CT molecular complexity index is 676. The Kier molecular flexibility index (Phi) is 5.05. The van der Waals surface area contributed by atoms with E-state index in [0.29, 0.717) is 18.2 Å². The smallest absolute Gasteiger partial charge is 0.352 e. The molecule has 10 heteroatoms. The molecule has 130 valence electrons. The second-order valence-corrected chi connectivity index (χ2v) is 5.13. The lowest BCUT2D eigenvalue weighted by Gasteiger charge is -2.14. The molecule has 0 spiro atoms. The van der Waals surface area contributed by atoms with Crippen LogP contribution in [0.5, 0.6) is 0 Å². The van der Waals surface area contributed by atoms with Crippen LogP contribution >= 0.6 is 0 Å². The molecule has 0 aliphatic carbocycles. The van der Waals surface area contributed by atoms with Crippen molar-refractivity contribution >= 4 is 17.8 Å². The van der Waals surface area contributed by atoms with Crippen molar-refractivity contribution in [1.29, 1.82) is 0 Å². The molecule has 2 rings (SSSR count). The molecule has 1 aromatic rings. The zero-order chi connectivity index (χ0) is 17.9. The molecule has 0 bridgehead atoms. The third kappa shape index (κ3) is 4.43. The topological polar surface area (TPSA) is 87.3 Å². The van der Waals surface area contributed by atoms with Crippen molar-refractivity contribution in [1.82, 2.24) is 16.0 Å². The predicted octanol–water partition coefficient (Wildman–Crippen LogP) is 1.45. The zero-order valence-electron chi connectivity index (χ0n) is 12.2. The maximum atomic E-state index is 13.1. The van der Waals surface area contributed by atoms with Gasteiger partial charge in [-0.05, 0) is 30.2 Å². The van der Waals surface area contributed by atoms with Gasteiger partial charge in [0.1, 0.15) is 11.9 Å². The third-order valence-electron chi connectivity index (χ3n) is 3.37. The lowest BCUT2D eigenvalue weighted by Crippen LogP contribution is -2.32. The Morgan fingerprint density at radius 1 is 1.25 bits per heavy atom. The SMILES string of the molecule is O=C(CC[C@H]1NC(=O)NC1=O)NCc1cc(F)ccc1C(F)(F)F. The van der Waals surface area contributed by atoms with Gasteiger partial charge in [-0.2, -0.15) is 13.2 Å². The maximum absolute atomic E-state index is 13.1. The number of alkyl halides is 3. The number of urea groups is 1. The fourth-order valence-corrected chi connectivity index (χ4v) is 2.20. The molecule has 1 fully saturated rings. The van der Waals surface area contributed by atoms with E-state index in [9.17, 15) is 31.9 Å². The monoisotopic (exact) mass is 347 g/mol. The molecule has 0 radical (unpaired) electrons. The van der Waals surface area contributed by atoms with Crippen LogP contribution in [0, 0.1) is 5.82 Å². The van der Waals surface area contributed by atoms with Gasteiger partial charge in [0.25, 0.3) is 5.91 Å². The van der Waals surface area contributed by atoms with Gasteiger partial charge in [0, 0.05) is 13.0 Å². The average Bonchev–Trinajstić information content (AvgIpc) is 2.79. The summed E-state index contributed by atoms with van der Waals surface area (Å²) >= 11 is 0. The Balaban J connectivity index is 1.91. The number of amides is 4. The first-order chi connectivity index (χ1) is 11.2. The van der Waals surface area contributed by atoms with E-state index in [2.05, 4.69) is 10.6 Å². The zero-order valence-corrected chi connectivity index (χ0v) is 12.2. The van der Waals surface area contributed by atoms with Gasteiger partial charge >= 0.3 is 12.2 Å². The molecule has 1 saturated heterocycles. The van der Waals surface area contributed by atoms with E-state index in [-0.39, 0.29) is 12.8 Å². The van der Waals surface area contributed by atoms with Crippen molar-refractivity contribution in [2.24, 2.45) is 0 Å². The van der Waals surface area contributed by atoms with Crippen molar-refractivity contribution in [2.45, 2.75) is 31.6 Å². The Hall–Kier alpha value is -2.65. The maximum Gasteiger partial charge on any atom is 0.416 e. The van der Waals surface area contributed by atoms with Gasteiger partial charge in [-0.3, -0.25) is 14.9 Å². The number of halogens is 4. The highest BCUT2D eigenvalue weighted by Crippen LogP contribution is 2.32. The van der Waals surface area contributed by atoms with E-state index in [4.69, 9.17) is 0 Å². The Morgan fingerprint density at radius 2 is 1.96 bits per heavy atom. The van der Waals surface area contributed by atoms with Crippen LogP contribution in [0.3, 0.4) is 0 Å². The number of rotatable bonds is 5. The van der Waals surface area contributed by atoms with Gasteiger partial charge < -0.3 is 10.6 Å². The first-order valence-electron chi connectivity index (χ1n) is 6.90. The average molecular weight is 347 g/mol. The Labute approximate surface area is 133 Å². The van der Waals surface area contributed by atoms with Crippen LogP contribution in [0.25, 0.3) is 0 Å². The number of hydrogen-bond acceptors (Lipinski definition) is 3. The molecule has 3 N–H and O–H groups in total. The molecule has 4 amide bonds. The lowest BCUT2D eigenvalue weighted by molar-refractivity contribution is -0.138. The third-order valence-corrected chi connectivity index (χ3v) is 3.37. The molecule has 1 aliphatic rings. The molecule has 0 saturated carbocycles. The molecule has 6 nitrogen and oxygen atoms in total. The molecule has 0 aromatic heterocycles. The van der Waals surface area contributed by atoms with Crippen LogP contribution in [0.1, 0.15) is 24.0 Å². The number of carbonyl (C=O) groups is 3. The van der Waals surface area contributed by atoms with Gasteiger partial charge in [0.15, 0.2) is 0 Å². The van der Waals surface area contributed by atoms with Crippen LogP contribution in [0.2, 0.25) is 0 Å². The number of nitrogens with one attached hydrogen (secondary N) is 3. The summed E-state index contributed by atoms with van der Waals surface area (Å²) in [6.45, 7) is -0.505. The summed E-state index contributed by atoms with van der Waals surface area (Å²) in [4.78, 5) is 33.8. The number of imide groups is 1. The normalized spacial score (nSPS) is 17.4. The second kappa shape index (κ2) is 6.85. The molecule has 1 aromatic carbocycles. The highest BCUT2D eigenvalue weighted by atomic mass is 19.4. The summed E-state index contributed by atoms with van der Waals surface area (Å²) in [7, 11) is 0. The summed E-state index contributed by atoms with van der Waals surface area (Å²) in [5, 5.41) is 6.52. The molecule has 1 heterocycles. The van der Waals surface area contributed by atoms with Gasteiger partial charge in [-0.15, -0.1) is 0 Å². The first-order valence-corrected chi connectivity index (χ1v) is 6.90. The molecule has 1 aliphatic heterocycles. The van der Waals surface area contributed by atoms with Crippen molar-refractivity contribution in [3.63, 3.8) is 0 Å². The summed E-state index contributed by atoms with van der Waals surface area (Å²) in [5.41, 5.74) is -1.44. The van der Waals surface area contributed by atoms with Crippen molar-refractivity contribution in [2.75, 3.05) is 0 Å². The van der Waals surface area contributed by atoms with Gasteiger partial charge in [0.05, 0.1) is 5.56 Å². The van der Waals surface area contributed by atoms with Crippen LogP contribution in [-0.2, 0) is 22.3 Å². The first kappa shape index (κ1) is 17.7. The number of carbonyl (C=O) groups excluding carboxylic acids is 3. The van der Waals surface area contributed by atoms with E-state index in [0.717, 1.165) is 0 Å². The summed E-state index contributed by atoms with van der Waals surface area (Å²) in [5.74, 6) is -2.05. The highest BCUT2D eigenvalue weighted by Gasteiger charge is 2.33. The minimum absolute atomic E-state index is 0.00130. The summed E-state index contributed by atoms with van der Waals surface area (Å²) in [6, 6.07) is 0.474. The van der Waals surface area contributed by atoms with Gasteiger partial charge in [-0.1, -0.05) is 0 Å². The van der Waals surface area contributed by atoms with Gasteiger partial charge in [-0.25, -0.2) is 9.18 Å². The number of benzene rings is 1. The quantitative estimate of drug-likeness (QED) is 0.557. The van der Waals surface area contributed by atoms with Crippen LogP contribution in [-0.4, -0.2) is 23.9 Å². The van der Waals surface area contributed by atoms with Crippen LogP contribution in [0.4, 0.5) is 22.4 Å². The molecular weight excluding hydrogens is 334 g/mol. The van der Waals surface area contributed by atoms with Crippen molar-refractivity contribution in [3.8, 4) is 0 Å². The minimum Gasteiger partial charge on any atom is -0.352 e. The van der Waals surface area contributed by atoms with E-state index < -0.39 is 53.6 Å². The van der Waals surface area contributed by atoms with E-state index in [1.54, 1.807) is 0 Å². The van der Waals surface area contributed by atoms with E-state index >= 15 is 0 Å².